The topological polar surface area (TPSA) is 16.4 Å². The Kier molecular flexibility index (Phi) is 9.20. The number of fused-ring (bicyclic) bond motifs is 6. The molecule has 2 nitrogen and oxygen atoms in total. The number of benzene rings is 11. The number of anilines is 3. The molecule has 0 spiro atoms. The highest BCUT2D eigenvalue weighted by molar-refractivity contribution is 6.22. The molecule has 0 saturated heterocycles. The minimum Gasteiger partial charge on any atom is -0.455 e. The number of hydrogen-bond acceptors (Lipinski definition) is 2. The van der Waals surface area contributed by atoms with Crippen molar-refractivity contribution in [1.29, 1.82) is 0 Å². The second kappa shape index (κ2) is 15.8. The number of nitrogens with zero attached hydrogens (tertiary/aromatic N) is 1. The zero-order chi connectivity index (χ0) is 42.4. The Labute approximate surface area is 372 Å². The van der Waals surface area contributed by atoms with E-state index in [2.05, 4.69) is 241 Å². The van der Waals surface area contributed by atoms with E-state index < -0.39 is 0 Å². The largest absolute Gasteiger partial charge is 0.455 e. The summed E-state index contributed by atoms with van der Waals surface area (Å²) in [7, 11) is 0. The summed E-state index contributed by atoms with van der Waals surface area (Å²) in [6.45, 7) is 0. The molecule has 0 aliphatic rings. The van der Waals surface area contributed by atoms with Crippen molar-refractivity contribution in [3.05, 3.63) is 249 Å². The Morgan fingerprint density at radius 1 is 0.250 bits per heavy atom. The van der Waals surface area contributed by atoms with Crippen LogP contribution in [0, 0.1) is 0 Å². The molecule has 0 saturated carbocycles. The molecule has 64 heavy (non-hydrogen) atoms. The number of para-hydroxylation sites is 2. The maximum atomic E-state index is 6.51. The van der Waals surface area contributed by atoms with Gasteiger partial charge in [0.2, 0.25) is 0 Å². The van der Waals surface area contributed by atoms with Gasteiger partial charge < -0.3 is 9.32 Å². The lowest BCUT2D eigenvalue weighted by Gasteiger charge is -2.28. The number of hydrogen-bond donors (Lipinski definition) is 0. The second-order valence-corrected chi connectivity index (χ2v) is 16.4. The van der Waals surface area contributed by atoms with Crippen molar-refractivity contribution in [2.24, 2.45) is 0 Å². The molecule has 0 radical (unpaired) electrons. The van der Waals surface area contributed by atoms with Crippen molar-refractivity contribution in [3.8, 4) is 55.6 Å². The van der Waals surface area contributed by atoms with Gasteiger partial charge in [0.15, 0.2) is 0 Å². The quantitative estimate of drug-likeness (QED) is 0.142. The van der Waals surface area contributed by atoms with Crippen LogP contribution < -0.4 is 4.90 Å². The predicted molar refractivity (Wildman–Crippen MR) is 271 cm³/mol. The van der Waals surface area contributed by atoms with Crippen LogP contribution >= 0.6 is 0 Å². The van der Waals surface area contributed by atoms with E-state index in [1.165, 1.54) is 54.9 Å². The summed E-state index contributed by atoms with van der Waals surface area (Å²) in [5.41, 5.74) is 16.6. The molecule has 12 rings (SSSR count). The molecule has 0 atom stereocenters. The van der Waals surface area contributed by atoms with Crippen LogP contribution in [0.1, 0.15) is 0 Å². The van der Waals surface area contributed by atoms with Crippen LogP contribution in [0.5, 0.6) is 0 Å². The summed E-state index contributed by atoms with van der Waals surface area (Å²) in [4.78, 5) is 2.43. The van der Waals surface area contributed by atoms with Crippen LogP contribution in [0.15, 0.2) is 253 Å². The molecule has 0 unspecified atom stereocenters. The molecule has 0 fully saturated rings. The van der Waals surface area contributed by atoms with Crippen LogP contribution in [0.4, 0.5) is 17.1 Å². The van der Waals surface area contributed by atoms with E-state index >= 15 is 0 Å². The van der Waals surface area contributed by atoms with Gasteiger partial charge in [-0.15, -0.1) is 0 Å². The van der Waals surface area contributed by atoms with E-state index in [9.17, 15) is 0 Å². The zero-order valence-corrected chi connectivity index (χ0v) is 35.0. The first-order valence-corrected chi connectivity index (χ1v) is 21.9. The molecule has 0 amide bonds. The molecule has 0 aliphatic carbocycles. The van der Waals surface area contributed by atoms with E-state index in [0.29, 0.717) is 0 Å². The van der Waals surface area contributed by atoms with Crippen LogP contribution in [0.2, 0.25) is 0 Å². The monoisotopic (exact) mass is 815 g/mol. The molecule has 12 aromatic rings. The lowest BCUT2D eigenvalue weighted by Crippen LogP contribution is -2.10. The molecule has 11 aromatic carbocycles. The van der Waals surface area contributed by atoms with E-state index in [4.69, 9.17) is 4.42 Å². The van der Waals surface area contributed by atoms with Gasteiger partial charge in [0.05, 0.1) is 0 Å². The molecule has 1 aromatic heterocycles. The predicted octanol–water partition coefficient (Wildman–Crippen LogP) is 17.7. The molecule has 0 N–H and O–H groups in total. The fourth-order valence-electron chi connectivity index (χ4n) is 9.67. The molecular formula is C62H41NO. The van der Waals surface area contributed by atoms with Gasteiger partial charge in [-0.25, -0.2) is 0 Å². The summed E-state index contributed by atoms with van der Waals surface area (Å²) in [5, 5.41) is 7.14. The van der Waals surface area contributed by atoms with Gasteiger partial charge >= 0.3 is 0 Å². The SMILES string of the molecule is c1ccc(-c2cc(-c3ccccc3)cc(N(c3ccc(-c4cccc5c4oc4ccccc45)cc3)c3ccc4c(c3)c(-c3ccccc3)c(-c3ccccc3)c3ccccc34)c2)cc1. The highest BCUT2D eigenvalue weighted by Crippen LogP contribution is 2.48. The Morgan fingerprint density at radius 2 is 0.734 bits per heavy atom. The normalized spacial score (nSPS) is 11.4. The van der Waals surface area contributed by atoms with Gasteiger partial charge in [-0.05, 0) is 120 Å². The Bertz CT molecular complexity index is 3570. The van der Waals surface area contributed by atoms with Crippen LogP contribution in [0.25, 0.3) is 99.1 Å². The Morgan fingerprint density at radius 3 is 1.36 bits per heavy atom. The number of furan rings is 1. The maximum Gasteiger partial charge on any atom is 0.143 e. The first-order chi connectivity index (χ1) is 31.7. The zero-order valence-electron chi connectivity index (χ0n) is 35.0. The summed E-state index contributed by atoms with van der Waals surface area (Å²) in [6.07, 6.45) is 0. The van der Waals surface area contributed by atoms with E-state index in [-0.39, 0.29) is 0 Å². The van der Waals surface area contributed by atoms with Crippen LogP contribution in [-0.2, 0) is 0 Å². The highest BCUT2D eigenvalue weighted by atomic mass is 16.3. The van der Waals surface area contributed by atoms with E-state index in [1.807, 2.05) is 12.1 Å². The van der Waals surface area contributed by atoms with Gasteiger partial charge in [0, 0.05) is 33.4 Å². The minimum atomic E-state index is 0.898. The van der Waals surface area contributed by atoms with Crippen molar-refractivity contribution in [3.63, 3.8) is 0 Å². The Hall–Kier alpha value is -8.46. The molecule has 300 valence electrons. The molecule has 0 aliphatic heterocycles. The molecule has 0 bridgehead atoms. The summed E-state index contributed by atoms with van der Waals surface area (Å²) in [5.74, 6) is 0. The summed E-state index contributed by atoms with van der Waals surface area (Å²) >= 11 is 0. The summed E-state index contributed by atoms with van der Waals surface area (Å²) in [6, 6.07) is 89.8. The van der Waals surface area contributed by atoms with Crippen LogP contribution in [-0.4, -0.2) is 0 Å². The van der Waals surface area contributed by atoms with Gasteiger partial charge in [0.1, 0.15) is 11.2 Å². The Balaban J connectivity index is 1.12. The van der Waals surface area contributed by atoms with Gasteiger partial charge in [0.25, 0.3) is 0 Å². The second-order valence-electron chi connectivity index (χ2n) is 16.4. The minimum absolute atomic E-state index is 0.898. The molecule has 1 heterocycles. The third-order valence-electron chi connectivity index (χ3n) is 12.6. The fraction of sp³-hybridized carbons (Fsp3) is 0. The maximum absolute atomic E-state index is 6.51. The first-order valence-electron chi connectivity index (χ1n) is 21.9. The lowest BCUT2D eigenvalue weighted by molar-refractivity contribution is 0.670. The average molecular weight is 816 g/mol. The van der Waals surface area contributed by atoms with Crippen molar-refractivity contribution in [2.45, 2.75) is 0 Å². The first kappa shape index (κ1) is 37.3. The fourth-order valence-corrected chi connectivity index (χ4v) is 9.67. The average Bonchev–Trinajstić information content (AvgIpc) is 3.76. The van der Waals surface area contributed by atoms with Crippen LogP contribution in [0.3, 0.4) is 0 Å². The van der Waals surface area contributed by atoms with Crippen molar-refractivity contribution in [1.82, 2.24) is 0 Å². The standard InChI is InChI=1S/C62H41NO/c1-5-18-42(19-6-1)47-38-48(43-20-7-2-8-21-43)40-51(39-47)63(49-34-32-44(33-35-49)52-29-17-30-57-55-27-15-16-31-59(55)64-62(52)57)50-36-37-54-53-26-13-14-28-56(53)60(45-22-9-3-10-23-45)61(58(54)41-50)46-24-11-4-12-25-46/h1-41H. The third kappa shape index (κ3) is 6.52. The number of rotatable bonds is 8. The highest BCUT2D eigenvalue weighted by Gasteiger charge is 2.22. The van der Waals surface area contributed by atoms with E-state index in [0.717, 1.165) is 61.3 Å². The van der Waals surface area contributed by atoms with Crippen molar-refractivity contribution in [2.75, 3.05) is 4.90 Å². The smallest absolute Gasteiger partial charge is 0.143 e. The lowest BCUT2D eigenvalue weighted by atomic mass is 9.85. The van der Waals surface area contributed by atoms with E-state index in [1.54, 1.807) is 0 Å². The van der Waals surface area contributed by atoms with Crippen molar-refractivity contribution < 1.29 is 4.42 Å². The van der Waals surface area contributed by atoms with Crippen molar-refractivity contribution >= 4 is 60.5 Å². The third-order valence-corrected chi connectivity index (χ3v) is 12.6. The molecule has 2 heteroatoms. The molecular weight excluding hydrogens is 775 g/mol. The van der Waals surface area contributed by atoms with Gasteiger partial charge in [-0.3, -0.25) is 0 Å². The van der Waals surface area contributed by atoms with Gasteiger partial charge in [-0.2, -0.15) is 0 Å². The van der Waals surface area contributed by atoms with Gasteiger partial charge in [-0.1, -0.05) is 200 Å². The summed E-state index contributed by atoms with van der Waals surface area (Å²) < 4.78 is 6.51.